The average molecular weight is 760 g/mol. The minimum Gasteiger partial charge on any atom is -0.381 e. The molecule has 4 aliphatic rings. The van der Waals surface area contributed by atoms with Crippen molar-refractivity contribution in [3.63, 3.8) is 0 Å². The van der Waals surface area contributed by atoms with Crippen LogP contribution in [0.5, 0.6) is 0 Å². The summed E-state index contributed by atoms with van der Waals surface area (Å²) in [6.07, 6.45) is 9.89. The second kappa shape index (κ2) is 15.0. The first kappa shape index (κ1) is 37.6. The number of hydrogen-bond acceptors (Lipinski definition) is 9. The quantitative estimate of drug-likeness (QED) is 0.218. The molecule has 13 heteroatoms. The summed E-state index contributed by atoms with van der Waals surface area (Å²) in [6, 6.07) is 10.4. The predicted molar refractivity (Wildman–Crippen MR) is 220 cm³/mol. The van der Waals surface area contributed by atoms with E-state index in [0.29, 0.717) is 47.7 Å². The molecule has 0 saturated carbocycles. The van der Waals surface area contributed by atoms with Gasteiger partial charge in [-0.05, 0) is 93.3 Å². The normalized spacial score (nSPS) is 21.0. The molecular formula is C43H53N9O4. The van der Waals surface area contributed by atoms with Crippen LogP contribution in [0.2, 0.25) is 0 Å². The van der Waals surface area contributed by atoms with Crippen LogP contribution >= 0.6 is 0 Å². The van der Waals surface area contributed by atoms with Gasteiger partial charge in [0.05, 0.1) is 17.1 Å². The highest BCUT2D eigenvalue weighted by Crippen LogP contribution is 2.40. The van der Waals surface area contributed by atoms with E-state index >= 15 is 0 Å². The number of fused-ring (bicyclic) bond motifs is 3. The summed E-state index contributed by atoms with van der Waals surface area (Å²) in [5, 5.41) is 6.26. The number of aryl methyl sites for hydroxylation is 1. The third-order valence-corrected chi connectivity index (χ3v) is 12.0. The SMILES string of the molecule is C=CC(=O)Nc1cc(Nc2nc(-c3ccnc(N4CCn5c(cc6c5CC(C)(C)C6)C4=O)c3C)cn(C)c2=O)ccc1N1CCN([C@H]2CCCOCC2)C[C@@H]1C. The summed E-state index contributed by atoms with van der Waals surface area (Å²) < 4.78 is 9.42. The van der Waals surface area contributed by atoms with E-state index in [1.807, 2.05) is 31.2 Å². The van der Waals surface area contributed by atoms with Gasteiger partial charge in [-0.15, -0.1) is 0 Å². The smallest absolute Gasteiger partial charge is 0.293 e. The Morgan fingerprint density at radius 3 is 2.70 bits per heavy atom. The zero-order valence-corrected chi connectivity index (χ0v) is 33.2. The number of rotatable bonds is 8. The third kappa shape index (κ3) is 7.14. The molecule has 2 atom stereocenters. The van der Waals surface area contributed by atoms with E-state index in [2.05, 4.69) is 63.4 Å². The summed E-state index contributed by atoms with van der Waals surface area (Å²) >= 11 is 0. The van der Waals surface area contributed by atoms with Crippen LogP contribution in [-0.4, -0.2) is 87.3 Å². The van der Waals surface area contributed by atoms with Crippen LogP contribution in [0.25, 0.3) is 11.3 Å². The van der Waals surface area contributed by atoms with Crippen LogP contribution in [0.1, 0.15) is 67.3 Å². The van der Waals surface area contributed by atoms with Crippen molar-refractivity contribution >= 4 is 40.5 Å². The van der Waals surface area contributed by atoms with Crippen molar-refractivity contribution in [1.29, 1.82) is 0 Å². The Labute approximate surface area is 328 Å². The summed E-state index contributed by atoms with van der Waals surface area (Å²) in [7, 11) is 1.70. The lowest BCUT2D eigenvalue weighted by atomic mass is 9.90. The average Bonchev–Trinajstić information content (AvgIpc) is 3.50. The molecule has 56 heavy (non-hydrogen) atoms. The van der Waals surface area contributed by atoms with Gasteiger partial charge in [0.15, 0.2) is 5.82 Å². The van der Waals surface area contributed by atoms with Gasteiger partial charge in [-0.2, -0.15) is 0 Å². The van der Waals surface area contributed by atoms with Crippen molar-refractivity contribution in [2.24, 2.45) is 12.5 Å². The molecule has 0 spiro atoms. The van der Waals surface area contributed by atoms with Gasteiger partial charge in [0.1, 0.15) is 11.5 Å². The van der Waals surface area contributed by atoms with E-state index in [1.54, 1.807) is 24.3 Å². The van der Waals surface area contributed by atoms with Crippen molar-refractivity contribution in [3.05, 3.63) is 88.2 Å². The third-order valence-electron chi connectivity index (χ3n) is 12.0. The molecule has 6 heterocycles. The molecule has 2 saturated heterocycles. The second-order valence-electron chi connectivity index (χ2n) is 16.6. The molecule has 0 radical (unpaired) electrons. The van der Waals surface area contributed by atoms with E-state index in [4.69, 9.17) is 9.72 Å². The Bertz CT molecular complexity index is 2250. The molecule has 3 aromatic heterocycles. The van der Waals surface area contributed by atoms with Crippen LogP contribution in [0.15, 0.2) is 60.2 Å². The van der Waals surface area contributed by atoms with Crippen LogP contribution in [0, 0.1) is 12.3 Å². The van der Waals surface area contributed by atoms with Gasteiger partial charge in [-0.1, -0.05) is 20.4 Å². The van der Waals surface area contributed by atoms with E-state index in [-0.39, 0.29) is 34.6 Å². The first-order chi connectivity index (χ1) is 26.9. The van der Waals surface area contributed by atoms with Gasteiger partial charge in [0.25, 0.3) is 11.5 Å². The summed E-state index contributed by atoms with van der Waals surface area (Å²) in [5.41, 5.74) is 7.43. The molecule has 2 amide bonds. The van der Waals surface area contributed by atoms with E-state index in [1.165, 1.54) is 21.9 Å². The fourth-order valence-electron chi connectivity index (χ4n) is 9.22. The number of hydrogen-bond donors (Lipinski definition) is 2. The number of aromatic nitrogens is 4. The molecule has 0 unspecified atom stereocenters. The van der Waals surface area contributed by atoms with Crippen molar-refractivity contribution in [2.45, 2.75) is 78.4 Å². The number of benzene rings is 1. The predicted octanol–water partition coefficient (Wildman–Crippen LogP) is 5.69. The number of pyridine rings is 1. The number of carbonyl (C=O) groups excluding carboxylic acids is 2. The molecule has 0 bridgehead atoms. The number of carbonyl (C=O) groups is 2. The molecule has 2 N–H and O–H groups in total. The maximum absolute atomic E-state index is 13.9. The van der Waals surface area contributed by atoms with Gasteiger partial charge < -0.3 is 29.4 Å². The Morgan fingerprint density at radius 1 is 1.05 bits per heavy atom. The minimum atomic E-state index is -0.318. The minimum absolute atomic E-state index is 0.0548. The van der Waals surface area contributed by atoms with Crippen LogP contribution in [-0.2, 0) is 36.0 Å². The monoisotopic (exact) mass is 759 g/mol. The fourth-order valence-corrected chi connectivity index (χ4v) is 9.22. The van der Waals surface area contributed by atoms with Crippen molar-refractivity contribution in [1.82, 2.24) is 24.0 Å². The zero-order chi connectivity index (χ0) is 39.3. The van der Waals surface area contributed by atoms with Crippen molar-refractivity contribution < 1.29 is 14.3 Å². The lowest BCUT2D eigenvalue weighted by molar-refractivity contribution is -0.111. The molecule has 294 valence electrons. The van der Waals surface area contributed by atoms with Gasteiger partial charge in [-0.25, -0.2) is 9.97 Å². The molecule has 4 aromatic rings. The summed E-state index contributed by atoms with van der Waals surface area (Å²) in [6.45, 7) is 17.9. The molecular weight excluding hydrogens is 707 g/mol. The fraction of sp³-hybridized carbons (Fsp3) is 0.465. The van der Waals surface area contributed by atoms with E-state index in [9.17, 15) is 14.4 Å². The van der Waals surface area contributed by atoms with Crippen LogP contribution in [0.3, 0.4) is 0 Å². The van der Waals surface area contributed by atoms with Crippen LogP contribution in [0.4, 0.5) is 28.7 Å². The Morgan fingerprint density at radius 2 is 1.89 bits per heavy atom. The zero-order valence-electron chi connectivity index (χ0n) is 33.2. The number of nitrogens with one attached hydrogen (secondary N) is 2. The van der Waals surface area contributed by atoms with Gasteiger partial charge >= 0.3 is 0 Å². The van der Waals surface area contributed by atoms with Crippen molar-refractivity contribution in [2.75, 3.05) is 59.8 Å². The molecule has 1 aromatic carbocycles. The topological polar surface area (TPSA) is 130 Å². The highest BCUT2D eigenvalue weighted by Gasteiger charge is 2.37. The first-order valence-corrected chi connectivity index (χ1v) is 19.9. The standard InChI is InChI=1S/C43H53N9O4/c1-7-38(53)46-33-22-30(10-11-35(33)50-16-15-49(25-27(50)2)31-9-8-19-56-20-13-31)45-39-42(55)48(6)26-34(47-39)32-12-14-44-40(28(32)3)52-18-17-51-36(41(52)54)21-29-23-43(4,5)24-37(29)51/h7,10-12,14,21-22,26-27,31H,1,8-9,13,15-20,23-25H2,2-6H3,(H,45,47)(H,46,53)/t27-,31-/m0/s1. The second-order valence-corrected chi connectivity index (χ2v) is 16.6. The first-order valence-electron chi connectivity index (χ1n) is 19.9. The van der Waals surface area contributed by atoms with Gasteiger partial charge in [0, 0.05) is 100.0 Å². The molecule has 2 fully saturated rings. The number of nitrogens with zero attached hydrogens (tertiary/aromatic N) is 7. The largest absolute Gasteiger partial charge is 0.381 e. The maximum Gasteiger partial charge on any atom is 0.293 e. The lowest BCUT2D eigenvalue weighted by Gasteiger charge is -2.44. The highest BCUT2D eigenvalue weighted by molar-refractivity contribution is 6.06. The van der Waals surface area contributed by atoms with Gasteiger partial charge in [0.2, 0.25) is 5.91 Å². The van der Waals surface area contributed by atoms with Gasteiger partial charge in [-0.3, -0.25) is 24.2 Å². The van der Waals surface area contributed by atoms with Crippen molar-refractivity contribution in [3.8, 4) is 11.3 Å². The highest BCUT2D eigenvalue weighted by atomic mass is 16.5. The molecule has 1 aliphatic carbocycles. The number of piperazine rings is 1. The number of anilines is 5. The number of amides is 2. The van der Waals surface area contributed by atoms with Crippen LogP contribution < -0.4 is 26.0 Å². The molecule has 3 aliphatic heterocycles. The van der Waals surface area contributed by atoms with E-state index in [0.717, 1.165) is 81.8 Å². The van der Waals surface area contributed by atoms with E-state index < -0.39 is 0 Å². The Kier molecular flexibility index (Phi) is 10.1. The summed E-state index contributed by atoms with van der Waals surface area (Å²) in [5.74, 6) is 0.347. The summed E-state index contributed by atoms with van der Waals surface area (Å²) in [4.78, 5) is 56.4. The Balaban J connectivity index is 1.05. The lowest BCUT2D eigenvalue weighted by Crippen LogP contribution is -2.55. The molecule has 8 rings (SSSR count). The Hall–Kier alpha value is -5.27. The number of ether oxygens (including phenoxy) is 1. The molecule has 13 nitrogen and oxygen atoms in total. The maximum atomic E-state index is 13.9.